The van der Waals surface area contributed by atoms with E-state index in [1.807, 2.05) is 74.0 Å². The molecule has 0 spiro atoms. The van der Waals surface area contributed by atoms with E-state index in [1.165, 1.54) is 0 Å². The van der Waals surface area contributed by atoms with Gasteiger partial charge >= 0.3 is 6.09 Å². The molecule has 0 saturated carbocycles. The second kappa shape index (κ2) is 9.67. The zero-order valence-corrected chi connectivity index (χ0v) is 19.7. The molecule has 4 nitrogen and oxygen atoms in total. The molecule has 1 aromatic heterocycles. The molecule has 1 heterocycles. The fourth-order valence-corrected chi connectivity index (χ4v) is 4.18. The lowest BCUT2D eigenvalue weighted by molar-refractivity contribution is 0.157. The predicted octanol–water partition coefficient (Wildman–Crippen LogP) is 7.30. The first-order chi connectivity index (χ1) is 15.9. The Kier molecular flexibility index (Phi) is 6.70. The third-order valence-electron chi connectivity index (χ3n) is 5.85. The number of rotatable bonds is 6. The van der Waals surface area contributed by atoms with Crippen LogP contribution in [0.3, 0.4) is 0 Å². The van der Waals surface area contributed by atoms with Crippen LogP contribution in [0.1, 0.15) is 25.0 Å². The van der Waals surface area contributed by atoms with Crippen molar-refractivity contribution in [1.82, 2.24) is 9.47 Å². The first-order valence-electron chi connectivity index (χ1n) is 11.0. The number of carbonyl (C=O) groups excluding carboxylic acids is 1. The summed E-state index contributed by atoms with van der Waals surface area (Å²) in [5, 5.41) is 1.03. The fourth-order valence-electron chi connectivity index (χ4n) is 3.99. The summed E-state index contributed by atoms with van der Waals surface area (Å²) in [7, 11) is 0. The number of carbonyl (C=O) groups is 1. The molecule has 6 heteroatoms. The summed E-state index contributed by atoms with van der Waals surface area (Å²) >= 11 is 5.97. The van der Waals surface area contributed by atoms with Crippen LogP contribution in [0, 0.1) is 12.7 Å². The average Bonchev–Trinajstić information content (AvgIpc) is 3.21. The molecule has 0 radical (unpaired) electrons. The van der Waals surface area contributed by atoms with E-state index in [1.54, 1.807) is 23.1 Å². The molecule has 0 aliphatic carbocycles. The summed E-state index contributed by atoms with van der Waals surface area (Å²) in [6.07, 6.45) is 1.53. The highest BCUT2D eigenvalue weighted by atomic mass is 35.5. The summed E-state index contributed by atoms with van der Waals surface area (Å²) in [5.74, 6) is 0.0829. The molecule has 0 bridgehead atoms. The molecule has 0 aliphatic rings. The molecule has 3 aromatic carbocycles. The van der Waals surface area contributed by atoms with Crippen molar-refractivity contribution in [3.05, 3.63) is 88.8 Å². The zero-order valence-electron chi connectivity index (χ0n) is 18.9. The van der Waals surface area contributed by atoms with Gasteiger partial charge in [-0.2, -0.15) is 0 Å². The van der Waals surface area contributed by atoms with Crippen LogP contribution in [0.25, 0.3) is 22.0 Å². The number of ether oxygens (including phenoxy) is 1. The van der Waals surface area contributed by atoms with E-state index in [9.17, 15) is 9.18 Å². The smallest absolute Gasteiger partial charge is 0.410 e. The molecule has 0 N–H and O–H groups in total. The number of amides is 1. The van der Waals surface area contributed by atoms with E-state index < -0.39 is 5.82 Å². The van der Waals surface area contributed by atoms with Gasteiger partial charge < -0.3 is 14.2 Å². The van der Waals surface area contributed by atoms with Crippen LogP contribution in [0.15, 0.2) is 66.9 Å². The Bertz CT molecular complexity index is 1290. The summed E-state index contributed by atoms with van der Waals surface area (Å²) < 4.78 is 22.3. The number of halogens is 2. The standard InChI is InChI=1S/C27H26ClFN2O2/c1-4-30(5-2)27(32)33-24-14-13-23-21(25(24)19-11-9-18(3)10-12-19)15-16-31(23)17-20-7-6-8-22(28)26(20)29/h6-16H,4-5,17H2,1-3H3. The van der Waals surface area contributed by atoms with E-state index in [2.05, 4.69) is 0 Å². The van der Waals surface area contributed by atoms with Crippen molar-refractivity contribution in [3.63, 3.8) is 0 Å². The molecule has 0 aliphatic heterocycles. The molecule has 0 atom stereocenters. The maximum atomic E-state index is 14.5. The SMILES string of the molecule is CCN(CC)C(=O)Oc1ccc2c(ccn2Cc2cccc(Cl)c2F)c1-c1ccc(C)cc1. The fraction of sp³-hybridized carbons (Fsp3) is 0.222. The van der Waals surface area contributed by atoms with E-state index >= 15 is 0 Å². The van der Waals surface area contributed by atoms with Gasteiger partial charge in [-0.05, 0) is 50.6 Å². The Hall–Kier alpha value is -3.31. The van der Waals surface area contributed by atoms with E-state index in [4.69, 9.17) is 16.3 Å². The molecular formula is C27H26ClFN2O2. The van der Waals surface area contributed by atoms with Crippen LogP contribution in [-0.4, -0.2) is 28.6 Å². The van der Waals surface area contributed by atoms with Crippen LogP contribution in [0.5, 0.6) is 5.75 Å². The summed E-state index contributed by atoms with van der Waals surface area (Å²) in [5.41, 5.74) is 4.33. The Morgan fingerprint density at radius 1 is 1.03 bits per heavy atom. The van der Waals surface area contributed by atoms with Crippen molar-refractivity contribution >= 4 is 28.6 Å². The van der Waals surface area contributed by atoms with Crippen LogP contribution >= 0.6 is 11.6 Å². The minimum atomic E-state index is -0.412. The highest BCUT2D eigenvalue weighted by Gasteiger charge is 2.19. The quantitative estimate of drug-likeness (QED) is 0.300. The van der Waals surface area contributed by atoms with Crippen molar-refractivity contribution in [2.75, 3.05) is 13.1 Å². The molecule has 4 aromatic rings. The topological polar surface area (TPSA) is 34.5 Å². The second-order valence-corrected chi connectivity index (χ2v) is 8.34. The summed E-state index contributed by atoms with van der Waals surface area (Å²) in [6, 6.07) is 18.8. The Balaban J connectivity index is 1.82. The second-order valence-electron chi connectivity index (χ2n) is 7.93. The third-order valence-corrected chi connectivity index (χ3v) is 6.14. The average molecular weight is 465 g/mol. The van der Waals surface area contributed by atoms with Crippen molar-refractivity contribution in [2.24, 2.45) is 0 Å². The highest BCUT2D eigenvalue weighted by molar-refractivity contribution is 6.30. The van der Waals surface area contributed by atoms with Gasteiger partial charge in [0.1, 0.15) is 11.6 Å². The van der Waals surface area contributed by atoms with E-state index in [-0.39, 0.29) is 11.1 Å². The van der Waals surface area contributed by atoms with Gasteiger partial charge in [0.05, 0.1) is 11.6 Å². The first kappa shape index (κ1) is 22.9. The summed E-state index contributed by atoms with van der Waals surface area (Å²) in [6.45, 7) is 7.34. The number of aryl methyl sites for hydroxylation is 1. The van der Waals surface area contributed by atoms with Gasteiger partial charge in [0.15, 0.2) is 0 Å². The minimum absolute atomic E-state index is 0.106. The molecule has 0 fully saturated rings. The van der Waals surface area contributed by atoms with Gasteiger partial charge in [-0.1, -0.05) is 53.6 Å². The third kappa shape index (κ3) is 4.60. The maximum absolute atomic E-state index is 14.5. The monoisotopic (exact) mass is 464 g/mol. The molecular weight excluding hydrogens is 439 g/mol. The van der Waals surface area contributed by atoms with Gasteiger partial charge in [-0.15, -0.1) is 0 Å². The van der Waals surface area contributed by atoms with Gasteiger partial charge in [0.2, 0.25) is 0 Å². The van der Waals surface area contributed by atoms with Crippen LogP contribution in [-0.2, 0) is 6.54 Å². The van der Waals surface area contributed by atoms with Crippen molar-refractivity contribution in [3.8, 4) is 16.9 Å². The zero-order chi connectivity index (χ0) is 23.5. The van der Waals surface area contributed by atoms with Crippen LogP contribution < -0.4 is 4.74 Å². The van der Waals surface area contributed by atoms with Crippen molar-refractivity contribution in [1.29, 1.82) is 0 Å². The Morgan fingerprint density at radius 3 is 2.45 bits per heavy atom. The molecule has 1 amide bonds. The van der Waals surface area contributed by atoms with Crippen LogP contribution in [0.4, 0.5) is 9.18 Å². The van der Waals surface area contributed by atoms with Gasteiger partial charge in [0, 0.05) is 41.3 Å². The predicted molar refractivity (Wildman–Crippen MR) is 132 cm³/mol. The van der Waals surface area contributed by atoms with Crippen molar-refractivity contribution in [2.45, 2.75) is 27.3 Å². The first-order valence-corrected chi connectivity index (χ1v) is 11.4. The Labute approximate surface area is 198 Å². The number of hydrogen-bond donors (Lipinski definition) is 0. The van der Waals surface area contributed by atoms with Gasteiger partial charge in [0.25, 0.3) is 0 Å². The van der Waals surface area contributed by atoms with Gasteiger partial charge in [-0.25, -0.2) is 9.18 Å². The van der Waals surface area contributed by atoms with E-state index in [0.29, 0.717) is 30.9 Å². The maximum Gasteiger partial charge on any atom is 0.415 e. The minimum Gasteiger partial charge on any atom is -0.410 e. The normalized spacial score (nSPS) is 11.1. The largest absolute Gasteiger partial charge is 0.415 e. The summed E-state index contributed by atoms with van der Waals surface area (Å²) in [4.78, 5) is 14.3. The van der Waals surface area contributed by atoms with Crippen LogP contribution in [0.2, 0.25) is 5.02 Å². The number of hydrogen-bond acceptors (Lipinski definition) is 2. The molecule has 33 heavy (non-hydrogen) atoms. The lowest BCUT2D eigenvalue weighted by Crippen LogP contribution is -2.33. The number of nitrogens with zero attached hydrogens (tertiary/aromatic N) is 2. The van der Waals surface area contributed by atoms with E-state index in [0.717, 1.165) is 27.6 Å². The van der Waals surface area contributed by atoms with Crippen molar-refractivity contribution < 1.29 is 13.9 Å². The molecule has 4 rings (SSSR count). The number of benzene rings is 3. The molecule has 0 saturated heterocycles. The number of fused-ring (bicyclic) bond motifs is 1. The molecule has 170 valence electrons. The highest BCUT2D eigenvalue weighted by Crippen LogP contribution is 2.38. The number of aromatic nitrogens is 1. The lowest BCUT2D eigenvalue weighted by atomic mass is 9.99. The molecule has 0 unspecified atom stereocenters. The Morgan fingerprint density at radius 2 is 1.76 bits per heavy atom. The van der Waals surface area contributed by atoms with Gasteiger partial charge in [-0.3, -0.25) is 0 Å². The lowest BCUT2D eigenvalue weighted by Gasteiger charge is -2.20.